The van der Waals surface area contributed by atoms with Crippen LogP contribution in [0.25, 0.3) is 11.4 Å². The van der Waals surface area contributed by atoms with E-state index in [1.165, 1.54) is 37.7 Å². The van der Waals surface area contributed by atoms with Crippen LogP contribution in [0.2, 0.25) is 0 Å². The fraction of sp³-hybridized carbons (Fsp3) is 0.481. The van der Waals surface area contributed by atoms with Crippen LogP contribution >= 0.6 is 0 Å². The van der Waals surface area contributed by atoms with Gasteiger partial charge in [-0.1, -0.05) is 54.8 Å². The van der Waals surface area contributed by atoms with Gasteiger partial charge in [-0.05, 0) is 67.3 Å². The van der Waals surface area contributed by atoms with Gasteiger partial charge in [0.1, 0.15) is 18.5 Å². The molecular weight excluding hydrogens is 416 g/mol. The van der Waals surface area contributed by atoms with Crippen molar-refractivity contribution in [2.75, 3.05) is 13.2 Å². The van der Waals surface area contributed by atoms with E-state index in [1.807, 2.05) is 26.0 Å². The zero-order chi connectivity index (χ0) is 23.3. The average Bonchev–Trinajstić information content (AvgIpc) is 3.32. The topological polar surface area (TPSA) is 88.6 Å². The molecule has 1 heterocycles. The van der Waals surface area contributed by atoms with E-state index in [0.717, 1.165) is 29.5 Å². The highest BCUT2D eigenvalue weighted by Crippen LogP contribution is 2.43. The molecule has 2 aromatic carbocycles. The number of aromatic nitrogens is 2. The summed E-state index contributed by atoms with van der Waals surface area (Å²) in [5.41, 5.74) is 4.35. The first-order chi connectivity index (χ1) is 16.0. The summed E-state index contributed by atoms with van der Waals surface area (Å²) in [6.45, 7) is 3.62. The van der Waals surface area contributed by atoms with Crippen LogP contribution in [0.5, 0.6) is 5.75 Å². The lowest BCUT2D eigenvalue weighted by Gasteiger charge is -2.38. The molecule has 176 valence electrons. The first-order valence-electron chi connectivity index (χ1n) is 11.9. The van der Waals surface area contributed by atoms with Crippen LogP contribution in [0.3, 0.4) is 0 Å². The van der Waals surface area contributed by atoms with Crippen molar-refractivity contribution in [2.24, 2.45) is 0 Å². The highest BCUT2D eigenvalue weighted by atomic mass is 16.5. The number of aliphatic hydroxyl groups is 2. The normalized spacial score (nSPS) is 16.5. The number of rotatable bonds is 9. The Morgan fingerprint density at radius 1 is 1.06 bits per heavy atom. The molecule has 1 aromatic heterocycles. The number of hydrogen-bond donors (Lipinski definition) is 2. The molecule has 2 N–H and O–H groups in total. The first-order valence-corrected chi connectivity index (χ1v) is 11.9. The number of hydrogen-bond acceptors (Lipinski definition) is 6. The van der Waals surface area contributed by atoms with Gasteiger partial charge in [-0.3, -0.25) is 0 Å². The van der Waals surface area contributed by atoms with E-state index < -0.39 is 6.10 Å². The van der Waals surface area contributed by atoms with E-state index in [1.54, 1.807) is 0 Å². The lowest BCUT2D eigenvalue weighted by molar-refractivity contribution is 0.0532. The molecule has 1 atom stereocenters. The second-order valence-electron chi connectivity index (χ2n) is 9.31. The molecule has 6 heteroatoms. The molecule has 3 aromatic rings. The minimum atomic E-state index is -0.897. The second-order valence-corrected chi connectivity index (χ2v) is 9.31. The number of aliphatic hydroxyl groups excluding tert-OH is 2. The van der Waals surface area contributed by atoms with Crippen molar-refractivity contribution in [3.8, 4) is 17.1 Å². The minimum absolute atomic E-state index is 0.0487. The van der Waals surface area contributed by atoms with E-state index in [2.05, 4.69) is 35.5 Å². The zero-order valence-electron chi connectivity index (χ0n) is 19.6. The Bertz CT molecular complexity index is 1020. The van der Waals surface area contributed by atoms with Crippen LogP contribution < -0.4 is 4.74 Å². The van der Waals surface area contributed by atoms with Crippen LogP contribution in [0.4, 0.5) is 0 Å². The number of aryl methyl sites for hydroxylation is 3. The van der Waals surface area contributed by atoms with Gasteiger partial charge < -0.3 is 19.5 Å². The Labute approximate surface area is 195 Å². The summed E-state index contributed by atoms with van der Waals surface area (Å²) < 4.78 is 11.3. The molecule has 0 bridgehead atoms. The van der Waals surface area contributed by atoms with Crippen molar-refractivity contribution >= 4 is 0 Å². The van der Waals surface area contributed by atoms with Crippen molar-refractivity contribution < 1.29 is 19.5 Å². The van der Waals surface area contributed by atoms with E-state index in [9.17, 15) is 5.11 Å². The van der Waals surface area contributed by atoms with Crippen molar-refractivity contribution in [1.29, 1.82) is 0 Å². The molecule has 4 rings (SSSR count). The van der Waals surface area contributed by atoms with Gasteiger partial charge in [-0.2, -0.15) is 4.98 Å². The van der Waals surface area contributed by atoms with Gasteiger partial charge in [0, 0.05) is 12.0 Å². The quantitative estimate of drug-likeness (QED) is 0.481. The molecule has 0 saturated heterocycles. The maximum atomic E-state index is 9.56. The number of benzene rings is 2. The number of nitrogens with zero attached hydrogens (tertiary/aromatic N) is 2. The summed E-state index contributed by atoms with van der Waals surface area (Å²) in [6.07, 6.45) is 7.16. The van der Waals surface area contributed by atoms with Gasteiger partial charge >= 0.3 is 0 Å². The van der Waals surface area contributed by atoms with E-state index in [4.69, 9.17) is 19.4 Å². The molecule has 1 saturated carbocycles. The second kappa shape index (κ2) is 10.5. The van der Waals surface area contributed by atoms with Gasteiger partial charge in [0.25, 0.3) is 0 Å². The third-order valence-electron chi connectivity index (χ3n) is 6.83. The fourth-order valence-corrected chi connectivity index (χ4v) is 5.06. The third-order valence-corrected chi connectivity index (χ3v) is 6.83. The molecule has 6 nitrogen and oxygen atoms in total. The van der Waals surface area contributed by atoms with E-state index in [-0.39, 0.29) is 18.6 Å². The third kappa shape index (κ3) is 5.45. The van der Waals surface area contributed by atoms with E-state index in [0.29, 0.717) is 17.5 Å². The van der Waals surface area contributed by atoms with E-state index >= 15 is 0 Å². The maximum Gasteiger partial charge on any atom is 0.226 e. The highest BCUT2D eigenvalue weighted by Gasteiger charge is 2.34. The van der Waals surface area contributed by atoms with Crippen LogP contribution in [-0.2, 0) is 11.8 Å². The van der Waals surface area contributed by atoms with Crippen molar-refractivity contribution in [2.45, 2.75) is 70.3 Å². The Balaban J connectivity index is 1.48. The predicted octanol–water partition coefficient (Wildman–Crippen LogP) is 4.92. The molecular formula is C27H34N2O4. The predicted molar refractivity (Wildman–Crippen MR) is 127 cm³/mol. The first kappa shape index (κ1) is 23.5. The summed E-state index contributed by atoms with van der Waals surface area (Å²) in [4.78, 5) is 4.70. The average molecular weight is 451 g/mol. The molecule has 0 spiro atoms. The van der Waals surface area contributed by atoms with Gasteiger partial charge in [0.05, 0.1) is 6.61 Å². The zero-order valence-corrected chi connectivity index (χ0v) is 19.6. The molecule has 1 fully saturated rings. The lowest BCUT2D eigenvalue weighted by atomic mass is 9.67. The Morgan fingerprint density at radius 3 is 2.42 bits per heavy atom. The van der Waals surface area contributed by atoms with Crippen molar-refractivity contribution in [3.63, 3.8) is 0 Å². The molecule has 1 aliphatic carbocycles. The summed E-state index contributed by atoms with van der Waals surface area (Å²) in [5, 5.41) is 22.8. The molecule has 1 aliphatic rings. The monoisotopic (exact) mass is 450 g/mol. The maximum absolute atomic E-state index is 9.56. The Hall–Kier alpha value is -2.70. The smallest absolute Gasteiger partial charge is 0.226 e. The molecule has 0 amide bonds. The van der Waals surface area contributed by atoms with Gasteiger partial charge in [-0.25, -0.2) is 0 Å². The van der Waals surface area contributed by atoms with Crippen LogP contribution in [0, 0.1) is 13.8 Å². The molecule has 0 unspecified atom stereocenters. The molecule has 33 heavy (non-hydrogen) atoms. The van der Waals surface area contributed by atoms with Gasteiger partial charge in [-0.15, -0.1) is 0 Å². The molecule has 0 aliphatic heterocycles. The summed E-state index contributed by atoms with van der Waals surface area (Å²) >= 11 is 0. The van der Waals surface area contributed by atoms with Crippen molar-refractivity contribution in [1.82, 2.24) is 10.1 Å². The van der Waals surface area contributed by atoms with Gasteiger partial charge in [0.2, 0.25) is 11.7 Å². The van der Waals surface area contributed by atoms with Crippen LogP contribution in [0.15, 0.2) is 47.0 Å². The highest BCUT2D eigenvalue weighted by molar-refractivity contribution is 5.61. The number of ether oxygens (including phenoxy) is 1. The fourth-order valence-electron chi connectivity index (χ4n) is 5.06. The summed E-state index contributed by atoms with van der Waals surface area (Å²) in [6, 6.07) is 14.8. The van der Waals surface area contributed by atoms with Crippen LogP contribution in [-0.4, -0.2) is 39.7 Å². The molecule has 0 radical (unpaired) electrons. The Morgan fingerprint density at radius 2 is 1.76 bits per heavy atom. The van der Waals surface area contributed by atoms with Gasteiger partial charge in [0.15, 0.2) is 0 Å². The lowest BCUT2D eigenvalue weighted by Crippen LogP contribution is -2.29. The SMILES string of the molecule is Cc1cc(-c2noc(CCC3(c4ccccc4)CCCCC3)n2)cc(C)c1OC[C@H](O)CO. The van der Waals surface area contributed by atoms with Crippen LogP contribution in [0.1, 0.15) is 61.1 Å². The Kier molecular flexibility index (Phi) is 7.46. The minimum Gasteiger partial charge on any atom is -0.490 e. The summed E-state index contributed by atoms with van der Waals surface area (Å²) in [5.74, 6) is 1.96. The largest absolute Gasteiger partial charge is 0.490 e. The summed E-state index contributed by atoms with van der Waals surface area (Å²) in [7, 11) is 0. The van der Waals surface area contributed by atoms with Crippen molar-refractivity contribution in [3.05, 3.63) is 65.0 Å². The standard InChI is InChI=1S/C27H34N2O4/c1-19-15-21(16-20(2)25(19)32-18-23(31)17-30)26-28-24(33-29-26)11-14-27(12-7-4-8-13-27)22-9-5-3-6-10-22/h3,5-6,9-10,15-16,23,30-31H,4,7-8,11-14,17-18H2,1-2H3/t23-/m1/s1.